The van der Waals surface area contributed by atoms with Gasteiger partial charge < -0.3 is 14.8 Å². The molecule has 2 N–H and O–H groups in total. The molecule has 1 amide bonds. The summed E-state index contributed by atoms with van der Waals surface area (Å²) in [6, 6.07) is 12.3. The number of halogens is 1. The summed E-state index contributed by atoms with van der Waals surface area (Å²) < 4.78 is 13.2. The smallest absolute Gasteiger partial charge is 0.258 e. The van der Waals surface area contributed by atoms with E-state index in [1.807, 2.05) is 43.7 Å². The van der Waals surface area contributed by atoms with Crippen molar-refractivity contribution in [3.05, 3.63) is 70.0 Å². The first-order chi connectivity index (χ1) is 15.9. The van der Waals surface area contributed by atoms with E-state index >= 15 is 0 Å². The standard InChI is InChI=1S/C24H26ClN5O3/c1-4-30-16(3)20(15(2)29-30)14-26-24(28-23(31)17-6-5-7-18(25)12-17)27-19-8-9-21-22(13-19)33-11-10-32-21/h5-9,12-13H,4,10-11,14H2,1-3H3,(H2,26,27,28,31). The predicted octanol–water partition coefficient (Wildman–Crippen LogP) is 4.34. The van der Waals surface area contributed by atoms with Crippen LogP contribution in [-0.2, 0) is 13.1 Å². The van der Waals surface area contributed by atoms with Crippen molar-refractivity contribution in [3.8, 4) is 11.5 Å². The van der Waals surface area contributed by atoms with Crippen molar-refractivity contribution in [2.24, 2.45) is 4.99 Å². The molecule has 172 valence electrons. The number of ether oxygens (including phenoxy) is 2. The lowest BCUT2D eigenvalue weighted by Crippen LogP contribution is -2.36. The Balaban J connectivity index is 1.60. The summed E-state index contributed by atoms with van der Waals surface area (Å²) in [5.74, 6) is 1.31. The van der Waals surface area contributed by atoms with Crippen LogP contribution >= 0.6 is 11.6 Å². The van der Waals surface area contributed by atoms with Gasteiger partial charge in [-0.2, -0.15) is 5.10 Å². The summed E-state index contributed by atoms with van der Waals surface area (Å²) in [5, 5.41) is 11.1. The molecule has 0 bridgehead atoms. The monoisotopic (exact) mass is 467 g/mol. The number of benzene rings is 2. The summed E-state index contributed by atoms with van der Waals surface area (Å²) in [6.45, 7) is 8.18. The third-order valence-corrected chi connectivity index (χ3v) is 5.58. The Morgan fingerprint density at radius 1 is 1.15 bits per heavy atom. The number of hydrogen-bond donors (Lipinski definition) is 2. The Morgan fingerprint density at radius 3 is 2.67 bits per heavy atom. The van der Waals surface area contributed by atoms with E-state index in [0.717, 1.165) is 23.5 Å². The highest BCUT2D eigenvalue weighted by Gasteiger charge is 2.15. The van der Waals surface area contributed by atoms with Crippen LogP contribution in [0.1, 0.15) is 34.2 Å². The molecule has 4 rings (SSSR count). The molecule has 2 heterocycles. The summed E-state index contributed by atoms with van der Waals surface area (Å²) in [4.78, 5) is 17.5. The van der Waals surface area contributed by atoms with Crippen molar-refractivity contribution in [1.29, 1.82) is 0 Å². The summed E-state index contributed by atoms with van der Waals surface area (Å²) in [5.41, 5.74) is 4.14. The zero-order chi connectivity index (χ0) is 23.4. The molecule has 3 aromatic rings. The molecule has 1 aliphatic rings. The molecular weight excluding hydrogens is 442 g/mol. The van der Waals surface area contributed by atoms with Crippen LogP contribution in [0, 0.1) is 13.8 Å². The fraction of sp³-hybridized carbons (Fsp3) is 0.292. The van der Waals surface area contributed by atoms with Crippen molar-refractivity contribution < 1.29 is 14.3 Å². The number of guanidine groups is 1. The van der Waals surface area contributed by atoms with Gasteiger partial charge in [-0.25, -0.2) is 4.99 Å². The van der Waals surface area contributed by atoms with Gasteiger partial charge in [0, 0.05) is 40.1 Å². The Bertz CT molecular complexity index is 1200. The molecule has 0 fully saturated rings. The van der Waals surface area contributed by atoms with Crippen LogP contribution in [0.5, 0.6) is 11.5 Å². The number of nitrogens with one attached hydrogen (secondary N) is 2. The number of carbonyl (C=O) groups is 1. The molecule has 0 radical (unpaired) electrons. The van der Waals surface area contributed by atoms with E-state index < -0.39 is 0 Å². The van der Waals surface area contributed by atoms with Gasteiger partial charge in [-0.05, 0) is 51.1 Å². The molecule has 33 heavy (non-hydrogen) atoms. The lowest BCUT2D eigenvalue weighted by molar-refractivity contribution is 0.0977. The van der Waals surface area contributed by atoms with Crippen LogP contribution in [0.3, 0.4) is 0 Å². The van der Waals surface area contributed by atoms with E-state index in [4.69, 9.17) is 21.1 Å². The number of anilines is 1. The van der Waals surface area contributed by atoms with Gasteiger partial charge in [-0.3, -0.25) is 14.8 Å². The fourth-order valence-electron chi connectivity index (χ4n) is 3.61. The molecule has 0 spiro atoms. The molecule has 0 saturated carbocycles. The molecule has 0 unspecified atom stereocenters. The summed E-state index contributed by atoms with van der Waals surface area (Å²) in [6.07, 6.45) is 0. The van der Waals surface area contributed by atoms with Gasteiger partial charge in [-0.1, -0.05) is 17.7 Å². The van der Waals surface area contributed by atoms with Gasteiger partial charge >= 0.3 is 0 Å². The quantitative estimate of drug-likeness (QED) is 0.430. The lowest BCUT2D eigenvalue weighted by Gasteiger charge is -2.19. The van der Waals surface area contributed by atoms with Gasteiger partial charge in [0.1, 0.15) is 13.2 Å². The molecule has 0 atom stereocenters. The maximum absolute atomic E-state index is 12.9. The first-order valence-corrected chi connectivity index (χ1v) is 11.1. The molecule has 0 saturated heterocycles. The first kappa shape index (κ1) is 22.7. The van der Waals surface area contributed by atoms with E-state index in [-0.39, 0.29) is 5.91 Å². The maximum atomic E-state index is 12.9. The number of aromatic nitrogens is 2. The Morgan fingerprint density at radius 2 is 1.94 bits per heavy atom. The highest BCUT2D eigenvalue weighted by molar-refractivity contribution is 6.31. The van der Waals surface area contributed by atoms with Crippen molar-refractivity contribution in [2.75, 3.05) is 18.5 Å². The number of aryl methyl sites for hydroxylation is 2. The van der Waals surface area contributed by atoms with Gasteiger partial charge in [0.05, 0.1) is 12.2 Å². The fourth-order valence-corrected chi connectivity index (χ4v) is 3.80. The Kier molecular flexibility index (Phi) is 6.84. The highest BCUT2D eigenvalue weighted by Crippen LogP contribution is 2.32. The number of aliphatic imine (C=N–C) groups is 1. The van der Waals surface area contributed by atoms with Gasteiger partial charge in [0.2, 0.25) is 5.96 Å². The SMILES string of the molecule is CCn1nc(C)c(CN=C(NC(=O)c2cccc(Cl)c2)Nc2ccc3c(c2)OCCO3)c1C. The highest BCUT2D eigenvalue weighted by atomic mass is 35.5. The second kappa shape index (κ2) is 9.95. The number of hydrogen-bond acceptors (Lipinski definition) is 5. The molecule has 9 heteroatoms. The van der Waals surface area contributed by atoms with E-state index in [1.54, 1.807) is 24.3 Å². The maximum Gasteiger partial charge on any atom is 0.258 e. The molecule has 1 aromatic heterocycles. The summed E-state index contributed by atoms with van der Waals surface area (Å²) >= 11 is 6.05. The van der Waals surface area contributed by atoms with Crippen molar-refractivity contribution in [2.45, 2.75) is 33.9 Å². The number of rotatable bonds is 5. The average Bonchev–Trinajstić information content (AvgIpc) is 3.09. The average molecular weight is 468 g/mol. The minimum absolute atomic E-state index is 0.305. The predicted molar refractivity (Wildman–Crippen MR) is 128 cm³/mol. The molecule has 1 aliphatic heterocycles. The van der Waals surface area contributed by atoms with Crippen LogP contribution in [0.2, 0.25) is 5.02 Å². The Hall–Kier alpha value is -3.52. The van der Waals surface area contributed by atoms with Crippen LogP contribution in [0.25, 0.3) is 0 Å². The third-order valence-electron chi connectivity index (χ3n) is 5.35. The number of fused-ring (bicyclic) bond motifs is 1. The van der Waals surface area contributed by atoms with E-state index in [0.29, 0.717) is 53.5 Å². The van der Waals surface area contributed by atoms with Crippen LogP contribution in [-0.4, -0.2) is 34.9 Å². The van der Waals surface area contributed by atoms with Gasteiger partial charge in [0.25, 0.3) is 5.91 Å². The zero-order valence-electron chi connectivity index (χ0n) is 18.8. The number of carbonyl (C=O) groups excluding carboxylic acids is 1. The van der Waals surface area contributed by atoms with Crippen molar-refractivity contribution >= 4 is 29.2 Å². The van der Waals surface area contributed by atoms with E-state index in [1.165, 1.54) is 0 Å². The van der Waals surface area contributed by atoms with Crippen molar-refractivity contribution in [1.82, 2.24) is 15.1 Å². The minimum atomic E-state index is -0.320. The molecular formula is C24H26ClN5O3. The Labute approximate surface area is 197 Å². The van der Waals surface area contributed by atoms with E-state index in [9.17, 15) is 4.79 Å². The minimum Gasteiger partial charge on any atom is -0.486 e. The molecule has 8 nitrogen and oxygen atoms in total. The van der Waals surface area contributed by atoms with Gasteiger partial charge in [0.15, 0.2) is 11.5 Å². The first-order valence-electron chi connectivity index (χ1n) is 10.8. The second-order valence-corrected chi connectivity index (χ2v) is 8.01. The van der Waals surface area contributed by atoms with Gasteiger partial charge in [-0.15, -0.1) is 0 Å². The summed E-state index contributed by atoms with van der Waals surface area (Å²) in [7, 11) is 0. The molecule has 2 aromatic carbocycles. The topological polar surface area (TPSA) is 89.8 Å². The van der Waals surface area contributed by atoms with E-state index in [2.05, 4.69) is 20.7 Å². The largest absolute Gasteiger partial charge is 0.486 e. The van der Waals surface area contributed by atoms with Crippen LogP contribution in [0.4, 0.5) is 5.69 Å². The lowest BCUT2D eigenvalue weighted by atomic mass is 10.2. The zero-order valence-corrected chi connectivity index (χ0v) is 19.6. The van der Waals surface area contributed by atoms with Crippen LogP contribution < -0.4 is 20.1 Å². The van der Waals surface area contributed by atoms with Crippen LogP contribution in [0.15, 0.2) is 47.5 Å². The second-order valence-electron chi connectivity index (χ2n) is 7.58. The number of nitrogens with zero attached hydrogens (tertiary/aromatic N) is 3. The third kappa shape index (κ3) is 5.28. The molecule has 0 aliphatic carbocycles. The van der Waals surface area contributed by atoms with Crippen molar-refractivity contribution in [3.63, 3.8) is 0 Å². The number of amides is 1. The normalized spacial score (nSPS) is 13.0.